The molecule has 0 aliphatic heterocycles. The smallest absolute Gasteiger partial charge is 0.243 e. The van der Waals surface area contributed by atoms with Crippen LogP contribution >= 0.6 is 0 Å². The topological polar surface area (TPSA) is 84.2 Å². The molecule has 2 aromatic rings. The van der Waals surface area contributed by atoms with E-state index in [0.29, 0.717) is 0 Å². The highest BCUT2D eigenvalue weighted by Gasteiger charge is 2.06. The zero-order chi connectivity index (χ0) is 13.7. The number of amides is 2. The zero-order valence-corrected chi connectivity index (χ0v) is 10.3. The molecule has 2 rings (SSSR count). The Bertz CT molecular complexity index is 605. The molecule has 5 heteroatoms. The van der Waals surface area contributed by atoms with Gasteiger partial charge in [-0.1, -0.05) is 36.4 Å². The summed E-state index contributed by atoms with van der Waals surface area (Å²) in [5.41, 5.74) is 5.87. The van der Waals surface area contributed by atoms with Crippen molar-refractivity contribution >= 4 is 28.3 Å². The molecule has 5 nitrogen and oxygen atoms in total. The molecule has 0 aliphatic rings. The van der Waals surface area contributed by atoms with Gasteiger partial charge in [-0.05, 0) is 11.5 Å². The van der Waals surface area contributed by atoms with Gasteiger partial charge in [-0.3, -0.25) is 9.59 Å². The Morgan fingerprint density at radius 3 is 2.53 bits per heavy atom. The van der Waals surface area contributed by atoms with Crippen molar-refractivity contribution in [3.63, 3.8) is 0 Å². The van der Waals surface area contributed by atoms with E-state index in [-0.39, 0.29) is 24.9 Å². The standard InChI is InChI=1S/C14H15N3O2/c15-8-13(18)16-9-14(19)17-12-7-3-5-10-4-1-2-6-11(10)12/h1-7H,8-9,15H2,(H,16,18)(H,17,19). The van der Waals surface area contributed by atoms with Gasteiger partial charge in [0.25, 0.3) is 0 Å². The monoisotopic (exact) mass is 257 g/mol. The molecule has 0 fully saturated rings. The molecule has 0 radical (unpaired) electrons. The van der Waals surface area contributed by atoms with Crippen LogP contribution in [0, 0.1) is 0 Å². The predicted molar refractivity (Wildman–Crippen MR) is 74.6 cm³/mol. The molecule has 0 atom stereocenters. The molecular weight excluding hydrogens is 242 g/mol. The molecule has 2 amide bonds. The second kappa shape index (κ2) is 5.97. The Morgan fingerprint density at radius 2 is 1.74 bits per heavy atom. The highest BCUT2D eigenvalue weighted by Crippen LogP contribution is 2.22. The molecule has 0 bridgehead atoms. The molecule has 0 saturated carbocycles. The summed E-state index contributed by atoms with van der Waals surface area (Å²) in [6.45, 7) is -0.208. The van der Waals surface area contributed by atoms with Gasteiger partial charge >= 0.3 is 0 Å². The van der Waals surface area contributed by atoms with Crippen molar-refractivity contribution in [3.8, 4) is 0 Å². The van der Waals surface area contributed by atoms with Gasteiger partial charge < -0.3 is 16.4 Å². The maximum Gasteiger partial charge on any atom is 0.243 e. The minimum absolute atomic E-state index is 0.0841. The minimum Gasteiger partial charge on any atom is -0.346 e. The molecule has 2 aromatic carbocycles. The lowest BCUT2D eigenvalue weighted by Crippen LogP contribution is -2.36. The van der Waals surface area contributed by atoms with E-state index in [1.165, 1.54) is 0 Å². The van der Waals surface area contributed by atoms with Crippen LogP contribution in [0.15, 0.2) is 42.5 Å². The lowest BCUT2D eigenvalue weighted by atomic mass is 10.1. The molecule has 0 spiro atoms. The normalized spacial score (nSPS) is 10.2. The second-order valence-electron chi connectivity index (χ2n) is 4.06. The number of anilines is 1. The summed E-state index contributed by atoms with van der Waals surface area (Å²) >= 11 is 0. The van der Waals surface area contributed by atoms with Crippen molar-refractivity contribution in [1.29, 1.82) is 0 Å². The van der Waals surface area contributed by atoms with Crippen LogP contribution in [0.2, 0.25) is 0 Å². The number of hydrogen-bond acceptors (Lipinski definition) is 3. The molecule has 19 heavy (non-hydrogen) atoms. The van der Waals surface area contributed by atoms with Crippen molar-refractivity contribution in [1.82, 2.24) is 5.32 Å². The fourth-order valence-corrected chi connectivity index (χ4v) is 1.78. The lowest BCUT2D eigenvalue weighted by molar-refractivity contribution is -0.123. The largest absolute Gasteiger partial charge is 0.346 e. The van der Waals surface area contributed by atoms with E-state index in [9.17, 15) is 9.59 Å². The van der Waals surface area contributed by atoms with Gasteiger partial charge in [0, 0.05) is 11.1 Å². The Hall–Kier alpha value is -2.40. The zero-order valence-electron chi connectivity index (χ0n) is 10.3. The van der Waals surface area contributed by atoms with Crippen LogP contribution in [0.5, 0.6) is 0 Å². The first-order chi connectivity index (χ1) is 9.20. The minimum atomic E-state index is -0.354. The number of nitrogens with one attached hydrogen (secondary N) is 2. The van der Waals surface area contributed by atoms with Crippen LogP contribution in [-0.4, -0.2) is 24.9 Å². The quantitative estimate of drug-likeness (QED) is 0.759. The maximum atomic E-state index is 11.7. The van der Waals surface area contributed by atoms with Gasteiger partial charge in [-0.25, -0.2) is 0 Å². The highest BCUT2D eigenvalue weighted by molar-refractivity contribution is 6.03. The van der Waals surface area contributed by atoms with Crippen LogP contribution in [0.3, 0.4) is 0 Å². The first-order valence-electron chi connectivity index (χ1n) is 5.95. The Morgan fingerprint density at radius 1 is 1.00 bits per heavy atom. The van der Waals surface area contributed by atoms with E-state index in [1.807, 2.05) is 42.5 Å². The Kier molecular flexibility index (Phi) is 4.10. The number of rotatable bonds is 4. The summed E-state index contributed by atoms with van der Waals surface area (Å²) in [5, 5.41) is 7.20. The first-order valence-corrected chi connectivity index (χ1v) is 5.95. The van der Waals surface area contributed by atoms with Gasteiger partial charge in [-0.15, -0.1) is 0 Å². The summed E-state index contributed by atoms with van der Waals surface area (Å²) in [6, 6.07) is 13.4. The fraction of sp³-hybridized carbons (Fsp3) is 0.143. The molecule has 0 aromatic heterocycles. The number of nitrogens with two attached hydrogens (primary N) is 1. The van der Waals surface area contributed by atoms with E-state index in [0.717, 1.165) is 16.5 Å². The summed E-state index contributed by atoms with van der Waals surface area (Å²) < 4.78 is 0. The van der Waals surface area contributed by atoms with E-state index >= 15 is 0 Å². The van der Waals surface area contributed by atoms with Gasteiger partial charge in [0.05, 0.1) is 13.1 Å². The van der Waals surface area contributed by atoms with E-state index in [2.05, 4.69) is 10.6 Å². The first kappa shape index (κ1) is 13.0. The van der Waals surface area contributed by atoms with E-state index < -0.39 is 0 Å². The Balaban J connectivity index is 2.09. The summed E-state index contributed by atoms with van der Waals surface area (Å²) in [7, 11) is 0. The van der Waals surface area contributed by atoms with Crippen LogP contribution in [0.4, 0.5) is 5.69 Å². The molecule has 0 heterocycles. The highest BCUT2D eigenvalue weighted by atomic mass is 16.2. The molecule has 0 unspecified atom stereocenters. The van der Waals surface area contributed by atoms with Gasteiger partial charge in [0.15, 0.2) is 0 Å². The maximum absolute atomic E-state index is 11.7. The van der Waals surface area contributed by atoms with Gasteiger partial charge in [0.2, 0.25) is 11.8 Å². The Labute approximate surface area is 110 Å². The summed E-state index contributed by atoms with van der Waals surface area (Å²) in [4.78, 5) is 22.7. The average molecular weight is 257 g/mol. The molecule has 0 saturated heterocycles. The fourth-order valence-electron chi connectivity index (χ4n) is 1.78. The van der Waals surface area contributed by atoms with Crippen molar-refractivity contribution in [3.05, 3.63) is 42.5 Å². The number of hydrogen-bond donors (Lipinski definition) is 3. The van der Waals surface area contributed by atoms with Crippen LogP contribution < -0.4 is 16.4 Å². The number of benzene rings is 2. The average Bonchev–Trinajstić information content (AvgIpc) is 2.45. The third kappa shape index (κ3) is 3.29. The van der Waals surface area contributed by atoms with Crippen molar-refractivity contribution in [2.24, 2.45) is 5.73 Å². The van der Waals surface area contributed by atoms with Crippen molar-refractivity contribution < 1.29 is 9.59 Å². The van der Waals surface area contributed by atoms with Gasteiger partial charge in [-0.2, -0.15) is 0 Å². The molecule has 98 valence electrons. The van der Waals surface area contributed by atoms with E-state index in [1.54, 1.807) is 0 Å². The van der Waals surface area contributed by atoms with Crippen molar-refractivity contribution in [2.75, 3.05) is 18.4 Å². The predicted octanol–water partition coefficient (Wildman–Crippen LogP) is 0.853. The van der Waals surface area contributed by atoms with Crippen LogP contribution in [0.1, 0.15) is 0 Å². The number of carbonyl (C=O) groups excluding carboxylic acids is 2. The van der Waals surface area contributed by atoms with Crippen LogP contribution in [0.25, 0.3) is 10.8 Å². The van der Waals surface area contributed by atoms with Crippen molar-refractivity contribution in [2.45, 2.75) is 0 Å². The third-order valence-electron chi connectivity index (χ3n) is 2.70. The number of carbonyl (C=O) groups is 2. The SMILES string of the molecule is NCC(=O)NCC(=O)Nc1cccc2ccccc12. The third-order valence-corrected chi connectivity index (χ3v) is 2.70. The van der Waals surface area contributed by atoms with Gasteiger partial charge in [0.1, 0.15) is 0 Å². The van der Waals surface area contributed by atoms with Crippen LogP contribution in [-0.2, 0) is 9.59 Å². The summed E-state index contributed by atoms with van der Waals surface area (Å²) in [6.07, 6.45) is 0. The molecular formula is C14H15N3O2. The number of fused-ring (bicyclic) bond motifs is 1. The molecule has 4 N–H and O–H groups in total. The van der Waals surface area contributed by atoms with E-state index in [4.69, 9.17) is 5.73 Å². The summed E-state index contributed by atoms with van der Waals surface area (Å²) in [5.74, 6) is -0.633. The second-order valence-corrected chi connectivity index (χ2v) is 4.06. The lowest BCUT2D eigenvalue weighted by Gasteiger charge is -2.09. The molecule has 0 aliphatic carbocycles.